The molecule has 1 aliphatic rings. The molecule has 0 aliphatic heterocycles. The van der Waals surface area contributed by atoms with Crippen LogP contribution in [-0.4, -0.2) is 22.4 Å². The lowest BCUT2D eigenvalue weighted by Crippen LogP contribution is -2.26. The number of hydrogen-bond acceptors (Lipinski definition) is 2. The van der Waals surface area contributed by atoms with Crippen LogP contribution in [0.4, 0.5) is 0 Å². The standard InChI is InChI=1S/C7H12O2/c1-5-2-3-6(8)7(9)4-5/h4,6-9H,2-3H2,1H3/t6-,7+/m0/s1. The second-order valence-electron chi connectivity index (χ2n) is 2.61. The van der Waals surface area contributed by atoms with Crippen LogP contribution < -0.4 is 0 Å². The molecule has 0 saturated heterocycles. The molecule has 2 atom stereocenters. The summed E-state index contributed by atoms with van der Waals surface area (Å²) >= 11 is 0. The Bertz CT molecular complexity index is 129. The number of hydrogen-bond donors (Lipinski definition) is 2. The maximum absolute atomic E-state index is 9.02. The number of rotatable bonds is 0. The van der Waals surface area contributed by atoms with Gasteiger partial charge in [-0.3, -0.25) is 0 Å². The van der Waals surface area contributed by atoms with Gasteiger partial charge in [-0.05, 0) is 19.8 Å². The van der Waals surface area contributed by atoms with Crippen molar-refractivity contribution in [2.45, 2.75) is 32.0 Å². The number of aliphatic hydroxyl groups is 2. The molecule has 0 aromatic carbocycles. The molecule has 0 bridgehead atoms. The van der Waals surface area contributed by atoms with E-state index in [9.17, 15) is 0 Å². The minimum atomic E-state index is -0.626. The first-order valence-electron chi connectivity index (χ1n) is 3.23. The summed E-state index contributed by atoms with van der Waals surface area (Å²) in [7, 11) is 0. The molecule has 0 unspecified atom stereocenters. The minimum absolute atomic E-state index is 0.534. The van der Waals surface area contributed by atoms with Gasteiger partial charge >= 0.3 is 0 Å². The summed E-state index contributed by atoms with van der Waals surface area (Å²) in [6.07, 6.45) is 2.17. The largest absolute Gasteiger partial charge is 0.390 e. The molecule has 2 heteroatoms. The molecule has 2 nitrogen and oxygen atoms in total. The fraction of sp³-hybridized carbons (Fsp3) is 0.714. The van der Waals surface area contributed by atoms with Crippen LogP contribution >= 0.6 is 0 Å². The Morgan fingerprint density at radius 2 is 2.22 bits per heavy atom. The molecule has 0 fully saturated rings. The number of allylic oxidation sites excluding steroid dienone is 1. The topological polar surface area (TPSA) is 40.5 Å². The fourth-order valence-corrected chi connectivity index (χ4v) is 1.03. The van der Waals surface area contributed by atoms with Crippen LogP contribution in [0.5, 0.6) is 0 Å². The molecule has 0 aromatic rings. The molecular formula is C7H12O2. The Balaban J connectivity index is 2.58. The fourth-order valence-electron chi connectivity index (χ4n) is 1.03. The third-order valence-electron chi connectivity index (χ3n) is 1.68. The zero-order valence-corrected chi connectivity index (χ0v) is 5.54. The van der Waals surface area contributed by atoms with Gasteiger partial charge in [0.15, 0.2) is 0 Å². The molecule has 1 rings (SSSR count). The average molecular weight is 128 g/mol. The van der Waals surface area contributed by atoms with Gasteiger partial charge in [0, 0.05) is 0 Å². The van der Waals surface area contributed by atoms with Gasteiger partial charge in [-0.1, -0.05) is 11.6 Å². The van der Waals surface area contributed by atoms with Crippen LogP contribution in [0.2, 0.25) is 0 Å². The van der Waals surface area contributed by atoms with E-state index in [2.05, 4.69) is 0 Å². The van der Waals surface area contributed by atoms with Crippen LogP contribution in [-0.2, 0) is 0 Å². The van der Waals surface area contributed by atoms with Crippen LogP contribution in [0, 0.1) is 0 Å². The third-order valence-corrected chi connectivity index (χ3v) is 1.68. The zero-order chi connectivity index (χ0) is 6.85. The monoisotopic (exact) mass is 128 g/mol. The maximum atomic E-state index is 9.02. The van der Waals surface area contributed by atoms with Crippen molar-refractivity contribution in [2.24, 2.45) is 0 Å². The van der Waals surface area contributed by atoms with Crippen molar-refractivity contribution < 1.29 is 10.2 Å². The van der Waals surface area contributed by atoms with Crippen LogP contribution in [0.3, 0.4) is 0 Å². The summed E-state index contributed by atoms with van der Waals surface area (Å²) in [5.74, 6) is 0. The van der Waals surface area contributed by atoms with Crippen molar-refractivity contribution in [1.82, 2.24) is 0 Å². The van der Waals surface area contributed by atoms with Crippen molar-refractivity contribution in [3.63, 3.8) is 0 Å². The van der Waals surface area contributed by atoms with E-state index in [-0.39, 0.29) is 0 Å². The van der Waals surface area contributed by atoms with Crippen molar-refractivity contribution in [3.05, 3.63) is 11.6 Å². The van der Waals surface area contributed by atoms with Gasteiger partial charge < -0.3 is 10.2 Å². The molecule has 0 radical (unpaired) electrons. The van der Waals surface area contributed by atoms with E-state index in [1.165, 1.54) is 5.57 Å². The lowest BCUT2D eigenvalue weighted by molar-refractivity contribution is 0.0373. The molecule has 0 heterocycles. The molecule has 9 heavy (non-hydrogen) atoms. The summed E-state index contributed by atoms with van der Waals surface area (Å²) in [6, 6.07) is 0. The predicted octanol–water partition coefficient (Wildman–Crippen LogP) is 0.448. The first-order chi connectivity index (χ1) is 4.20. The van der Waals surface area contributed by atoms with Crippen molar-refractivity contribution in [2.75, 3.05) is 0 Å². The second-order valence-corrected chi connectivity index (χ2v) is 2.61. The average Bonchev–Trinajstić information content (AvgIpc) is 1.80. The summed E-state index contributed by atoms with van der Waals surface area (Å²) in [5, 5.41) is 18.0. The van der Waals surface area contributed by atoms with Crippen molar-refractivity contribution >= 4 is 0 Å². The molecule has 0 spiro atoms. The van der Waals surface area contributed by atoms with Gasteiger partial charge in [0.2, 0.25) is 0 Å². The SMILES string of the molecule is CC1=C[C@@H](O)[C@@H](O)CC1. The van der Waals surface area contributed by atoms with E-state index >= 15 is 0 Å². The lowest BCUT2D eigenvalue weighted by Gasteiger charge is -2.20. The molecule has 0 saturated carbocycles. The molecule has 2 N–H and O–H groups in total. The Labute approximate surface area is 54.8 Å². The highest BCUT2D eigenvalue weighted by molar-refractivity contribution is 5.08. The molecule has 52 valence electrons. The van der Waals surface area contributed by atoms with Crippen LogP contribution in [0.25, 0.3) is 0 Å². The molecular weight excluding hydrogens is 116 g/mol. The smallest absolute Gasteiger partial charge is 0.0982 e. The number of aliphatic hydroxyl groups excluding tert-OH is 2. The van der Waals surface area contributed by atoms with Gasteiger partial charge in [-0.15, -0.1) is 0 Å². The normalized spacial score (nSPS) is 36.1. The molecule has 0 aromatic heterocycles. The second kappa shape index (κ2) is 2.50. The lowest BCUT2D eigenvalue weighted by atomic mass is 9.96. The van der Waals surface area contributed by atoms with E-state index in [0.29, 0.717) is 6.42 Å². The Hall–Kier alpha value is -0.340. The van der Waals surface area contributed by atoms with E-state index in [4.69, 9.17) is 10.2 Å². The van der Waals surface area contributed by atoms with Gasteiger partial charge in [-0.2, -0.15) is 0 Å². The highest BCUT2D eigenvalue weighted by Crippen LogP contribution is 2.17. The van der Waals surface area contributed by atoms with E-state index in [1.54, 1.807) is 6.08 Å². The minimum Gasteiger partial charge on any atom is -0.390 e. The van der Waals surface area contributed by atoms with E-state index < -0.39 is 12.2 Å². The zero-order valence-electron chi connectivity index (χ0n) is 5.54. The first kappa shape index (κ1) is 6.78. The predicted molar refractivity (Wildman–Crippen MR) is 35.0 cm³/mol. The Morgan fingerprint density at radius 3 is 2.67 bits per heavy atom. The summed E-state index contributed by atoms with van der Waals surface area (Å²) in [5.41, 5.74) is 1.17. The third kappa shape index (κ3) is 1.53. The van der Waals surface area contributed by atoms with Gasteiger partial charge in [0.25, 0.3) is 0 Å². The van der Waals surface area contributed by atoms with Gasteiger partial charge in [-0.25, -0.2) is 0 Å². The van der Waals surface area contributed by atoms with Crippen LogP contribution in [0.1, 0.15) is 19.8 Å². The highest BCUT2D eigenvalue weighted by Gasteiger charge is 2.17. The first-order valence-corrected chi connectivity index (χ1v) is 3.23. The summed E-state index contributed by atoms with van der Waals surface area (Å²) in [4.78, 5) is 0. The summed E-state index contributed by atoms with van der Waals surface area (Å²) in [6.45, 7) is 1.97. The van der Waals surface area contributed by atoms with E-state index in [1.807, 2.05) is 6.92 Å². The van der Waals surface area contributed by atoms with Gasteiger partial charge in [0.1, 0.15) is 0 Å². The molecule has 1 aliphatic carbocycles. The Kier molecular flexibility index (Phi) is 1.88. The highest BCUT2D eigenvalue weighted by atomic mass is 16.3. The van der Waals surface area contributed by atoms with Crippen LogP contribution in [0.15, 0.2) is 11.6 Å². The van der Waals surface area contributed by atoms with Crippen molar-refractivity contribution in [3.8, 4) is 0 Å². The molecule has 0 amide bonds. The van der Waals surface area contributed by atoms with Crippen molar-refractivity contribution in [1.29, 1.82) is 0 Å². The van der Waals surface area contributed by atoms with Gasteiger partial charge in [0.05, 0.1) is 12.2 Å². The van der Waals surface area contributed by atoms with E-state index in [0.717, 1.165) is 6.42 Å². The summed E-state index contributed by atoms with van der Waals surface area (Å²) < 4.78 is 0. The Morgan fingerprint density at radius 1 is 1.56 bits per heavy atom. The quantitative estimate of drug-likeness (QED) is 0.465. The maximum Gasteiger partial charge on any atom is 0.0982 e.